The van der Waals surface area contributed by atoms with Gasteiger partial charge >= 0.3 is 0 Å². The molecule has 21 heavy (non-hydrogen) atoms. The van der Waals surface area contributed by atoms with Crippen LogP contribution in [0.3, 0.4) is 0 Å². The molecule has 0 amide bonds. The van der Waals surface area contributed by atoms with Crippen molar-refractivity contribution in [2.24, 2.45) is 0 Å². The normalized spacial score (nSPS) is 16.0. The van der Waals surface area contributed by atoms with E-state index < -0.39 is 0 Å². The van der Waals surface area contributed by atoms with Gasteiger partial charge in [-0.1, -0.05) is 0 Å². The third kappa shape index (κ3) is 2.34. The quantitative estimate of drug-likeness (QED) is 0.738. The first-order valence-corrected chi connectivity index (χ1v) is 7.49. The first kappa shape index (κ1) is 12.6. The minimum absolute atomic E-state index is 0.800. The maximum Gasteiger partial charge on any atom is 0.178 e. The minimum Gasteiger partial charge on any atom is -0.461 e. The van der Waals surface area contributed by atoms with E-state index in [9.17, 15) is 0 Å². The Kier molecular flexibility index (Phi) is 3.20. The van der Waals surface area contributed by atoms with Crippen molar-refractivity contribution in [3.05, 3.63) is 36.7 Å². The zero-order chi connectivity index (χ0) is 14.1. The van der Waals surface area contributed by atoms with Crippen LogP contribution < -0.4 is 0 Å². The number of furan rings is 1. The number of hydrogen-bond acceptors (Lipinski definition) is 4. The predicted octanol–water partition coefficient (Wildman–Crippen LogP) is 2.79. The monoisotopic (exact) mass is 282 g/mol. The van der Waals surface area contributed by atoms with Gasteiger partial charge in [-0.3, -0.25) is 0 Å². The summed E-state index contributed by atoms with van der Waals surface area (Å²) in [7, 11) is 0. The van der Waals surface area contributed by atoms with Gasteiger partial charge in [-0.15, -0.1) is 0 Å². The molecule has 3 aromatic heterocycles. The van der Waals surface area contributed by atoms with Crippen LogP contribution in [-0.2, 0) is 6.54 Å². The Balaban J connectivity index is 1.71. The van der Waals surface area contributed by atoms with E-state index in [1.54, 1.807) is 6.26 Å². The van der Waals surface area contributed by atoms with E-state index in [1.165, 1.54) is 25.9 Å². The summed E-state index contributed by atoms with van der Waals surface area (Å²) in [6.07, 6.45) is 6.14. The highest BCUT2D eigenvalue weighted by Crippen LogP contribution is 2.24. The van der Waals surface area contributed by atoms with Crippen molar-refractivity contribution in [1.82, 2.24) is 19.4 Å². The second kappa shape index (κ2) is 5.33. The highest BCUT2D eigenvalue weighted by Gasteiger charge is 2.17. The maximum absolute atomic E-state index is 5.54. The number of pyridine rings is 1. The highest BCUT2D eigenvalue weighted by atomic mass is 16.3. The van der Waals surface area contributed by atoms with Crippen molar-refractivity contribution in [2.75, 3.05) is 19.6 Å². The molecule has 0 spiro atoms. The molecule has 108 valence electrons. The lowest BCUT2D eigenvalue weighted by Gasteiger charge is -2.15. The number of rotatable bonds is 4. The summed E-state index contributed by atoms with van der Waals surface area (Å²) in [6, 6.07) is 7.77. The average Bonchev–Trinajstić information content (AvgIpc) is 3.25. The molecule has 4 heterocycles. The molecule has 0 atom stereocenters. The fraction of sp³-hybridized carbons (Fsp3) is 0.375. The van der Waals surface area contributed by atoms with E-state index in [-0.39, 0.29) is 0 Å². The summed E-state index contributed by atoms with van der Waals surface area (Å²) in [5.74, 6) is 1.67. The van der Waals surface area contributed by atoms with Crippen molar-refractivity contribution in [1.29, 1.82) is 0 Å². The Bertz CT molecular complexity index is 726. The van der Waals surface area contributed by atoms with Gasteiger partial charge in [0.1, 0.15) is 5.52 Å². The standard InChI is InChI=1S/C16H18N4O/c1-2-9-19(8-1)10-11-20-15-13(5-3-7-17-15)18-16(20)14-6-4-12-21-14/h3-7,12H,1-2,8-11H2. The van der Waals surface area contributed by atoms with Gasteiger partial charge in [0.25, 0.3) is 0 Å². The fourth-order valence-corrected chi connectivity index (χ4v) is 3.01. The molecule has 1 aliphatic heterocycles. The van der Waals surface area contributed by atoms with Crippen LogP contribution in [0, 0.1) is 0 Å². The Morgan fingerprint density at radius 2 is 2.00 bits per heavy atom. The van der Waals surface area contributed by atoms with Crippen LogP contribution in [0.25, 0.3) is 22.7 Å². The zero-order valence-electron chi connectivity index (χ0n) is 11.9. The van der Waals surface area contributed by atoms with Gasteiger partial charge in [0, 0.05) is 19.3 Å². The average molecular weight is 282 g/mol. The molecule has 0 bridgehead atoms. The van der Waals surface area contributed by atoms with Crippen molar-refractivity contribution in [2.45, 2.75) is 19.4 Å². The Hall–Kier alpha value is -2.14. The van der Waals surface area contributed by atoms with Crippen LogP contribution in [0.1, 0.15) is 12.8 Å². The molecule has 0 N–H and O–H groups in total. The molecule has 3 aromatic rings. The van der Waals surface area contributed by atoms with Crippen molar-refractivity contribution in [3.8, 4) is 11.6 Å². The number of imidazole rings is 1. The van der Waals surface area contributed by atoms with Gasteiger partial charge in [-0.2, -0.15) is 0 Å². The van der Waals surface area contributed by atoms with Crippen LogP contribution in [0.15, 0.2) is 41.1 Å². The molecule has 0 aliphatic carbocycles. The molecule has 0 radical (unpaired) electrons. The van der Waals surface area contributed by atoms with Gasteiger partial charge in [0.05, 0.1) is 6.26 Å². The molecule has 5 nitrogen and oxygen atoms in total. The van der Waals surface area contributed by atoms with Gasteiger partial charge < -0.3 is 13.9 Å². The number of aromatic nitrogens is 3. The molecule has 0 unspecified atom stereocenters. The lowest BCUT2D eigenvalue weighted by Crippen LogP contribution is -2.24. The van der Waals surface area contributed by atoms with Gasteiger partial charge in [-0.25, -0.2) is 9.97 Å². The third-order valence-corrected chi connectivity index (χ3v) is 4.08. The Morgan fingerprint density at radius 1 is 1.10 bits per heavy atom. The second-order valence-corrected chi connectivity index (χ2v) is 5.46. The molecule has 0 aromatic carbocycles. The first-order chi connectivity index (χ1) is 10.4. The maximum atomic E-state index is 5.54. The summed E-state index contributed by atoms with van der Waals surface area (Å²) in [5.41, 5.74) is 1.86. The van der Waals surface area contributed by atoms with Crippen LogP contribution in [0.2, 0.25) is 0 Å². The largest absolute Gasteiger partial charge is 0.461 e. The van der Waals surface area contributed by atoms with E-state index in [1.807, 2.05) is 30.5 Å². The van der Waals surface area contributed by atoms with Gasteiger partial charge in [0.2, 0.25) is 0 Å². The van der Waals surface area contributed by atoms with Gasteiger partial charge in [-0.05, 0) is 50.2 Å². The van der Waals surface area contributed by atoms with Gasteiger partial charge in [0.15, 0.2) is 17.2 Å². The van der Waals surface area contributed by atoms with Crippen LogP contribution in [0.4, 0.5) is 0 Å². The molecule has 1 saturated heterocycles. The lowest BCUT2D eigenvalue weighted by molar-refractivity contribution is 0.324. The fourth-order valence-electron chi connectivity index (χ4n) is 3.01. The molecular weight excluding hydrogens is 264 g/mol. The van der Waals surface area contributed by atoms with Crippen molar-refractivity contribution in [3.63, 3.8) is 0 Å². The smallest absolute Gasteiger partial charge is 0.178 e. The lowest BCUT2D eigenvalue weighted by atomic mass is 10.4. The van der Waals surface area contributed by atoms with E-state index >= 15 is 0 Å². The molecule has 1 fully saturated rings. The van der Waals surface area contributed by atoms with Crippen LogP contribution >= 0.6 is 0 Å². The van der Waals surface area contributed by atoms with Crippen LogP contribution in [0.5, 0.6) is 0 Å². The number of nitrogens with zero attached hydrogens (tertiary/aromatic N) is 4. The SMILES string of the molecule is c1coc(-c2nc3cccnc3n2CCN2CCCC2)c1. The summed E-state index contributed by atoms with van der Waals surface area (Å²) < 4.78 is 7.71. The number of hydrogen-bond donors (Lipinski definition) is 0. The van der Waals surface area contributed by atoms with Crippen molar-refractivity contribution >= 4 is 11.2 Å². The van der Waals surface area contributed by atoms with E-state index in [0.29, 0.717) is 0 Å². The first-order valence-electron chi connectivity index (χ1n) is 7.49. The topological polar surface area (TPSA) is 47.1 Å². The van der Waals surface area contributed by atoms with E-state index in [4.69, 9.17) is 4.42 Å². The molecule has 5 heteroatoms. The summed E-state index contributed by atoms with van der Waals surface area (Å²) in [6.45, 7) is 4.34. The van der Waals surface area contributed by atoms with Crippen LogP contribution in [-0.4, -0.2) is 39.1 Å². The number of fused-ring (bicyclic) bond motifs is 1. The molecule has 1 aliphatic rings. The summed E-state index contributed by atoms with van der Waals surface area (Å²) in [4.78, 5) is 11.7. The minimum atomic E-state index is 0.800. The number of likely N-dealkylation sites (tertiary alicyclic amines) is 1. The predicted molar refractivity (Wildman–Crippen MR) is 80.9 cm³/mol. The highest BCUT2D eigenvalue weighted by molar-refractivity contribution is 5.75. The van der Waals surface area contributed by atoms with E-state index in [2.05, 4.69) is 19.4 Å². The zero-order valence-corrected chi connectivity index (χ0v) is 11.9. The molecule has 0 saturated carbocycles. The van der Waals surface area contributed by atoms with Crippen molar-refractivity contribution < 1.29 is 4.42 Å². The van der Waals surface area contributed by atoms with E-state index in [0.717, 1.165) is 35.8 Å². The second-order valence-electron chi connectivity index (χ2n) is 5.46. The Labute approximate surface area is 123 Å². The Morgan fingerprint density at radius 3 is 2.81 bits per heavy atom. The molecule has 4 rings (SSSR count). The third-order valence-electron chi connectivity index (χ3n) is 4.08. The summed E-state index contributed by atoms with van der Waals surface area (Å²) in [5, 5.41) is 0. The summed E-state index contributed by atoms with van der Waals surface area (Å²) >= 11 is 0. The molecular formula is C16H18N4O.